The van der Waals surface area contributed by atoms with E-state index in [9.17, 15) is 0 Å². The standard InChI is InChI=1S/C13H21NO2/c1-3-14-12(11-7-8-15-9-11)13(16-4-2)10-5-6-10/h7-10,12-14H,3-6H2,1-2H3. The van der Waals surface area contributed by atoms with Crippen molar-refractivity contribution in [2.24, 2.45) is 5.92 Å². The Hall–Kier alpha value is -0.800. The second-order valence-electron chi connectivity index (χ2n) is 4.35. The van der Waals surface area contributed by atoms with Crippen molar-refractivity contribution < 1.29 is 9.15 Å². The number of nitrogens with one attached hydrogen (secondary N) is 1. The van der Waals surface area contributed by atoms with E-state index in [2.05, 4.69) is 19.2 Å². The van der Waals surface area contributed by atoms with Gasteiger partial charge >= 0.3 is 0 Å². The summed E-state index contributed by atoms with van der Waals surface area (Å²) < 4.78 is 11.1. The smallest absolute Gasteiger partial charge is 0.0951 e. The van der Waals surface area contributed by atoms with Crippen molar-refractivity contribution >= 4 is 0 Å². The Labute approximate surface area is 97.2 Å². The summed E-state index contributed by atoms with van der Waals surface area (Å²) in [6.07, 6.45) is 6.44. The molecule has 2 rings (SSSR count). The van der Waals surface area contributed by atoms with E-state index >= 15 is 0 Å². The first kappa shape index (κ1) is 11.7. The van der Waals surface area contributed by atoms with E-state index in [4.69, 9.17) is 9.15 Å². The van der Waals surface area contributed by atoms with Crippen LogP contribution in [-0.2, 0) is 4.74 Å². The summed E-state index contributed by atoms with van der Waals surface area (Å²) in [6, 6.07) is 2.30. The normalized spacial score (nSPS) is 19.6. The molecule has 0 radical (unpaired) electrons. The minimum absolute atomic E-state index is 0.274. The highest BCUT2D eigenvalue weighted by Crippen LogP contribution is 2.40. The van der Waals surface area contributed by atoms with Gasteiger partial charge < -0.3 is 14.5 Å². The highest BCUT2D eigenvalue weighted by Gasteiger charge is 2.37. The van der Waals surface area contributed by atoms with Gasteiger partial charge in [0.05, 0.1) is 24.7 Å². The predicted molar refractivity (Wildman–Crippen MR) is 63.3 cm³/mol. The van der Waals surface area contributed by atoms with Crippen LogP contribution in [0.5, 0.6) is 0 Å². The molecule has 1 saturated carbocycles. The first-order chi connectivity index (χ1) is 7.86. The zero-order valence-electron chi connectivity index (χ0n) is 10.1. The Balaban J connectivity index is 2.09. The molecule has 1 fully saturated rings. The summed E-state index contributed by atoms with van der Waals surface area (Å²) in [5, 5.41) is 3.51. The van der Waals surface area contributed by atoms with Crippen LogP contribution >= 0.6 is 0 Å². The predicted octanol–water partition coefficient (Wildman–Crippen LogP) is 2.75. The number of likely N-dealkylation sites (N-methyl/N-ethyl adjacent to an activating group) is 1. The van der Waals surface area contributed by atoms with Gasteiger partial charge in [0.15, 0.2) is 0 Å². The number of hydrogen-bond donors (Lipinski definition) is 1. The summed E-state index contributed by atoms with van der Waals surface area (Å²) >= 11 is 0. The lowest BCUT2D eigenvalue weighted by Gasteiger charge is -2.27. The maximum Gasteiger partial charge on any atom is 0.0951 e. The summed E-state index contributed by atoms with van der Waals surface area (Å²) in [6.45, 7) is 5.92. The highest BCUT2D eigenvalue weighted by atomic mass is 16.5. The van der Waals surface area contributed by atoms with Gasteiger partial charge in [-0.1, -0.05) is 6.92 Å². The molecule has 0 spiro atoms. The van der Waals surface area contributed by atoms with Gasteiger partial charge in [-0.25, -0.2) is 0 Å². The SMILES string of the molecule is CCNC(c1ccoc1)C(OCC)C1CC1. The van der Waals surface area contributed by atoms with Crippen LogP contribution in [0.1, 0.15) is 38.3 Å². The Bertz CT molecular complexity index is 293. The molecule has 16 heavy (non-hydrogen) atoms. The van der Waals surface area contributed by atoms with Crippen molar-refractivity contribution in [2.45, 2.75) is 38.8 Å². The van der Waals surface area contributed by atoms with Gasteiger partial charge in [0, 0.05) is 12.2 Å². The fraction of sp³-hybridized carbons (Fsp3) is 0.692. The summed E-state index contributed by atoms with van der Waals surface area (Å²) in [4.78, 5) is 0. The van der Waals surface area contributed by atoms with Crippen LogP contribution in [0.3, 0.4) is 0 Å². The molecule has 0 aromatic carbocycles. The third-order valence-electron chi connectivity index (χ3n) is 3.10. The molecule has 90 valence electrons. The van der Waals surface area contributed by atoms with Crippen LogP contribution in [0.25, 0.3) is 0 Å². The zero-order chi connectivity index (χ0) is 11.4. The Morgan fingerprint density at radius 3 is 2.81 bits per heavy atom. The van der Waals surface area contributed by atoms with Gasteiger partial charge in [-0.3, -0.25) is 0 Å². The number of furan rings is 1. The first-order valence-electron chi connectivity index (χ1n) is 6.23. The zero-order valence-corrected chi connectivity index (χ0v) is 10.1. The Kier molecular flexibility index (Phi) is 4.02. The summed E-state index contributed by atoms with van der Waals surface area (Å²) in [5.74, 6) is 0.721. The maximum absolute atomic E-state index is 5.90. The third-order valence-corrected chi connectivity index (χ3v) is 3.10. The molecule has 1 N–H and O–H groups in total. The molecule has 1 aromatic rings. The van der Waals surface area contributed by atoms with Gasteiger partial charge in [0.1, 0.15) is 0 Å². The molecule has 0 saturated heterocycles. The van der Waals surface area contributed by atoms with Crippen molar-refractivity contribution in [1.29, 1.82) is 0 Å². The third kappa shape index (κ3) is 2.66. The van der Waals surface area contributed by atoms with Gasteiger partial charge in [0.25, 0.3) is 0 Å². The minimum atomic E-state index is 0.274. The first-order valence-corrected chi connectivity index (χ1v) is 6.23. The lowest BCUT2D eigenvalue weighted by Crippen LogP contribution is -2.35. The highest BCUT2D eigenvalue weighted by molar-refractivity contribution is 5.15. The average molecular weight is 223 g/mol. The maximum atomic E-state index is 5.90. The second-order valence-corrected chi connectivity index (χ2v) is 4.35. The summed E-state index contributed by atoms with van der Waals surface area (Å²) in [5.41, 5.74) is 1.20. The van der Waals surface area contributed by atoms with Gasteiger partial charge in [0.2, 0.25) is 0 Å². The molecule has 1 aliphatic carbocycles. The van der Waals surface area contributed by atoms with E-state index in [1.807, 2.05) is 12.3 Å². The van der Waals surface area contributed by atoms with Crippen molar-refractivity contribution in [2.75, 3.05) is 13.2 Å². The van der Waals surface area contributed by atoms with Gasteiger partial charge in [-0.05, 0) is 38.3 Å². The van der Waals surface area contributed by atoms with Crippen LogP contribution in [0.2, 0.25) is 0 Å². The number of hydrogen-bond acceptors (Lipinski definition) is 3. The number of rotatable bonds is 7. The lowest BCUT2D eigenvalue weighted by molar-refractivity contribution is 0.0188. The fourth-order valence-electron chi connectivity index (χ4n) is 2.22. The molecular formula is C13H21NO2. The quantitative estimate of drug-likeness (QED) is 0.771. The monoisotopic (exact) mass is 223 g/mol. The molecule has 2 atom stereocenters. The largest absolute Gasteiger partial charge is 0.472 e. The molecular weight excluding hydrogens is 202 g/mol. The van der Waals surface area contributed by atoms with Gasteiger partial charge in [-0.15, -0.1) is 0 Å². The molecule has 1 heterocycles. The Morgan fingerprint density at radius 1 is 1.50 bits per heavy atom. The van der Waals surface area contributed by atoms with Gasteiger partial charge in [-0.2, -0.15) is 0 Å². The van der Waals surface area contributed by atoms with E-state index in [1.54, 1.807) is 6.26 Å². The molecule has 1 aliphatic rings. The van der Waals surface area contributed by atoms with Crippen molar-refractivity contribution in [1.82, 2.24) is 5.32 Å². The number of ether oxygens (including phenoxy) is 1. The fourth-order valence-corrected chi connectivity index (χ4v) is 2.22. The van der Waals surface area contributed by atoms with Crippen LogP contribution in [0.15, 0.2) is 23.0 Å². The minimum Gasteiger partial charge on any atom is -0.472 e. The molecule has 1 aromatic heterocycles. The molecule has 3 heteroatoms. The van der Waals surface area contributed by atoms with E-state index < -0.39 is 0 Å². The van der Waals surface area contributed by atoms with Crippen molar-refractivity contribution in [3.63, 3.8) is 0 Å². The molecule has 2 unspecified atom stereocenters. The van der Waals surface area contributed by atoms with Crippen LogP contribution in [-0.4, -0.2) is 19.3 Å². The average Bonchev–Trinajstić information content (AvgIpc) is 2.99. The van der Waals surface area contributed by atoms with Crippen LogP contribution in [0, 0.1) is 5.92 Å². The molecule has 3 nitrogen and oxygen atoms in total. The van der Waals surface area contributed by atoms with E-state index in [0.29, 0.717) is 6.10 Å². The van der Waals surface area contributed by atoms with E-state index in [-0.39, 0.29) is 6.04 Å². The molecule has 0 bridgehead atoms. The van der Waals surface area contributed by atoms with Crippen molar-refractivity contribution in [3.05, 3.63) is 24.2 Å². The van der Waals surface area contributed by atoms with Crippen LogP contribution < -0.4 is 5.32 Å². The lowest BCUT2D eigenvalue weighted by atomic mass is 10.0. The van der Waals surface area contributed by atoms with E-state index in [1.165, 1.54) is 18.4 Å². The van der Waals surface area contributed by atoms with Crippen LogP contribution in [0.4, 0.5) is 0 Å². The second kappa shape index (κ2) is 5.51. The Morgan fingerprint density at radius 2 is 2.31 bits per heavy atom. The topological polar surface area (TPSA) is 34.4 Å². The molecule has 0 aliphatic heterocycles. The summed E-state index contributed by atoms with van der Waals surface area (Å²) in [7, 11) is 0. The van der Waals surface area contributed by atoms with E-state index in [0.717, 1.165) is 19.1 Å². The molecule has 0 amide bonds. The van der Waals surface area contributed by atoms with Crippen molar-refractivity contribution in [3.8, 4) is 0 Å².